The van der Waals surface area contributed by atoms with Gasteiger partial charge in [-0.2, -0.15) is 5.10 Å². The van der Waals surface area contributed by atoms with Crippen molar-refractivity contribution in [3.05, 3.63) is 70.2 Å². The molecule has 4 aromatic heterocycles. The Kier molecular flexibility index (Phi) is 4.85. The number of aryl methyl sites for hydroxylation is 1. The van der Waals surface area contributed by atoms with E-state index >= 15 is 0 Å². The van der Waals surface area contributed by atoms with E-state index in [-0.39, 0.29) is 17.4 Å². The van der Waals surface area contributed by atoms with Crippen LogP contribution in [0.3, 0.4) is 0 Å². The quantitative estimate of drug-likeness (QED) is 0.529. The molecule has 2 N–H and O–H groups in total. The second-order valence-electron chi connectivity index (χ2n) is 7.84. The van der Waals surface area contributed by atoms with Gasteiger partial charge in [-0.25, -0.2) is 9.50 Å². The van der Waals surface area contributed by atoms with Crippen LogP contribution in [0.2, 0.25) is 0 Å². The number of likely N-dealkylation sites (tertiary alicyclic amines) is 1. The van der Waals surface area contributed by atoms with Gasteiger partial charge in [-0.05, 0) is 37.5 Å². The maximum atomic E-state index is 13.1. The molecule has 0 aromatic carbocycles. The molecule has 31 heavy (non-hydrogen) atoms. The van der Waals surface area contributed by atoms with Gasteiger partial charge in [0.1, 0.15) is 5.69 Å². The molecule has 0 aliphatic carbocycles. The number of hydrogen-bond acceptors (Lipinski definition) is 5. The van der Waals surface area contributed by atoms with Crippen molar-refractivity contribution in [3.8, 4) is 11.3 Å². The number of carbonyl (C=O) groups is 1. The number of aromatic amines is 2. The van der Waals surface area contributed by atoms with Gasteiger partial charge < -0.3 is 4.90 Å². The third-order valence-corrected chi connectivity index (χ3v) is 5.80. The third kappa shape index (κ3) is 3.63. The smallest absolute Gasteiger partial charge is 0.272 e. The number of rotatable bonds is 4. The molecule has 1 atom stereocenters. The van der Waals surface area contributed by atoms with Crippen molar-refractivity contribution in [2.24, 2.45) is 0 Å². The lowest BCUT2D eigenvalue weighted by Gasteiger charge is -2.31. The summed E-state index contributed by atoms with van der Waals surface area (Å²) in [6, 6.07) is 8.99. The second kappa shape index (κ2) is 7.82. The molecule has 9 nitrogen and oxygen atoms in total. The summed E-state index contributed by atoms with van der Waals surface area (Å²) in [6.45, 7) is 3.24. The Morgan fingerprint density at radius 2 is 2.19 bits per heavy atom. The van der Waals surface area contributed by atoms with Gasteiger partial charge in [0.2, 0.25) is 0 Å². The van der Waals surface area contributed by atoms with Crippen molar-refractivity contribution in [1.82, 2.24) is 34.7 Å². The van der Waals surface area contributed by atoms with E-state index in [0.29, 0.717) is 36.5 Å². The normalized spacial score (nSPS) is 16.7. The highest BCUT2D eigenvalue weighted by atomic mass is 16.2. The molecule has 1 saturated heterocycles. The van der Waals surface area contributed by atoms with E-state index in [1.165, 1.54) is 4.52 Å². The summed E-state index contributed by atoms with van der Waals surface area (Å²) >= 11 is 0. The maximum absolute atomic E-state index is 13.1. The van der Waals surface area contributed by atoms with Crippen LogP contribution in [0.4, 0.5) is 0 Å². The Bertz CT molecular complexity index is 1290. The Balaban J connectivity index is 1.36. The first kappa shape index (κ1) is 19.2. The van der Waals surface area contributed by atoms with Gasteiger partial charge in [0.25, 0.3) is 11.5 Å². The van der Waals surface area contributed by atoms with E-state index < -0.39 is 0 Å². The largest absolute Gasteiger partial charge is 0.337 e. The zero-order chi connectivity index (χ0) is 21.4. The van der Waals surface area contributed by atoms with Crippen LogP contribution in [0.15, 0.2) is 47.5 Å². The third-order valence-electron chi connectivity index (χ3n) is 5.80. The van der Waals surface area contributed by atoms with Gasteiger partial charge in [-0.3, -0.25) is 24.8 Å². The number of H-pyrrole nitrogens is 2. The molecule has 158 valence electrons. The molecular formula is C22H23N7O2. The molecule has 4 aromatic rings. The zero-order valence-electron chi connectivity index (χ0n) is 17.2. The Morgan fingerprint density at radius 1 is 1.29 bits per heavy atom. The Morgan fingerprint density at radius 3 is 3.00 bits per heavy atom. The SMILES string of the molecule is CCc1cc(=O)n2[nH]c(C3CCCN(C(=O)c4cc(-c5cccnc5)n[nH]4)C3)cc2n1. The van der Waals surface area contributed by atoms with Gasteiger partial charge in [-0.1, -0.05) is 6.92 Å². The monoisotopic (exact) mass is 417 g/mol. The highest BCUT2D eigenvalue weighted by molar-refractivity contribution is 5.93. The fourth-order valence-electron chi connectivity index (χ4n) is 4.13. The molecular weight excluding hydrogens is 394 g/mol. The molecule has 5 heterocycles. The van der Waals surface area contributed by atoms with Crippen molar-refractivity contribution in [2.45, 2.75) is 32.1 Å². The molecule has 0 saturated carbocycles. The summed E-state index contributed by atoms with van der Waals surface area (Å²) < 4.78 is 1.48. The molecule has 9 heteroatoms. The number of aromatic nitrogens is 6. The number of amides is 1. The number of carbonyl (C=O) groups excluding carboxylic acids is 1. The molecule has 0 radical (unpaired) electrons. The lowest BCUT2D eigenvalue weighted by molar-refractivity contribution is 0.0700. The minimum absolute atomic E-state index is 0.0768. The zero-order valence-corrected chi connectivity index (χ0v) is 17.2. The van der Waals surface area contributed by atoms with Crippen molar-refractivity contribution in [3.63, 3.8) is 0 Å². The van der Waals surface area contributed by atoms with Crippen LogP contribution in [0.1, 0.15) is 47.6 Å². The van der Waals surface area contributed by atoms with Crippen LogP contribution >= 0.6 is 0 Å². The summed E-state index contributed by atoms with van der Waals surface area (Å²) in [6.07, 6.45) is 5.96. The number of nitrogens with one attached hydrogen (secondary N) is 2. The van der Waals surface area contributed by atoms with Crippen molar-refractivity contribution in [2.75, 3.05) is 13.1 Å². The van der Waals surface area contributed by atoms with Gasteiger partial charge in [0, 0.05) is 60.5 Å². The fourth-order valence-corrected chi connectivity index (χ4v) is 4.13. The molecule has 0 spiro atoms. The first-order chi connectivity index (χ1) is 15.1. The van der Waals surface area contributed by atoms with E-state index in [1.54, 1.807) is 24.5 Å². The van der Waals surface area contributed by atoms with Crippen molar-refractivity contribution in [1.29, 1.82) is 0 Å². The van der Waals surface area contributed by atoms with Crippen LogP contribution in [-0.4, -0.2) is 53.7 Å². The molecule has 1 aliphatic heterocycles. The van der Waals surface area contributed by atoms with Crippen molar-refractivity contribution >= 4 is 11.6 Å². The molecule has 1 amide bonds. The molecule has 1 aliphatic rings. The summed E-state index contributed by atoms with van der Waals surface area (Å²) in [4.78, 5) is 35.9. The predicted octanol–water partition coefficient (Wildman–Crippen LogP) is 2.39. The standard InChI is InChI=1S/C22H23N7O2/c1-2-16-9-21(30)29-20(24-16)11-18(27-29)15-6-4-8-28(13-15)22(31)19-10-17(25-26-19)14-5-3-7-23-12-14/h3,5,7,9-12,15,27H,2,4,6,8,13H2,1H3,(H,25,26). The fraction of sp³-hybridized carbons (Fsp3) is 0.318. The van der Waals surface area contributed by atoms with Crippen LogP contribution in [0.25, 0.3) is 16.9 Å². The van der Waals surface area contributed by atoms with E-state index in [1.807, 2.05) is 30.0 Å². The van der Waals surface area contributed by atoms with Crippen LogP contribution in [0, 0.1) is 0 Å². The minimum Gasteiger partial charge on any atom is -0.337 e. The van der Waals surface area contributed by atoms with Gasteiger partial charge in [-0.15, -0.1) is 0 Å². The minimum atomic E-state index is -0.114. The summed E-state index contributed by atoms with van der Waals surface area (Å²) in [5, 5.41) is 10.3. The predicted molar refractivity (Wildman–Crippen MR) is 115 cm³/mol. The lowest BCUT2D eigenvalue weighted by atomic mass is 9.94. The number of piperidine rings is 1. The van der Waals surface area contributed by atoms with Crippen LogP contribution < -0.4 is 5.56 Å². The van der Waals surface area contributed by atoms with E-state index in [9.17, 15) is 9.59 Å². The van der Waals surface area contributed by atoms with Gasteiger partial charge >= 0.3 is 0 Å². The van der Waals surface area contributed by atoms with Crippen molar-refractivity contribution < 1.29 is 4.79 Å². The summed E-state index contributed by atoms with van der Waals surface area (Å²) in [7, 11) is 0. The van der Waals surface area contributed by atoms with E-state index in [0.717, 1.165) is 29.8 Å². The molecule has 1 unspecified atom stereocenters. The van der Waals surface area contributed by atoms with E-state index in [2.05, 4.69) is 25.3 Å². The Labute approximate surface area is 178 Å². The number of hydrogen-bond donors (Lipinski definition) is 2. The first-order valence-corrected chi connectivity index (χ1v) is 10.5. The van der Waals surface area contributed by atoms with E-state index in [4.69, 9.17) is 0 Å². The first-order valence-electron chi connectivity index (χ1n) is 10.5. The number of nitrogens with zero attached hydrogens (tertiary/aromatic N) is 5. The Hall–Kier alpha value is -3.75. The summed E-state index contributed by atoms with van der Waals surface area (Å²) in [5.41, 5.74) is 4.22. The molecule has 0 bridgehead atoms. The maximum Gasteiger partial charge on any atom is 0.272 e. The van der Waals surface area contributed by atoms with Crippen LogP contribution in [-0.2, 0) is 6.42 Å². The summed E-state index contributed by atoms with van der Waals surface area (Å²) in [5.74, 6) is 0.0385. The van der Waals surface area contributed by atoms with Crippen LogP contribution in [0.5, 0.6) is 0 Å². The second-order valence-corrected chi connectivity index (χ2v) is 7.84. The topological polar surface area (TPSA) is 112 Å². The average molecular weight is 417 g/mol. The molecule has 1 fully saturated rings. The average Bonchev–Trinajstić information content (AvgIpc) is 3.47. The van der Waals surface area contributed by atoms with Gasteiger partial charge in [0.15, 0.2) is 5.65 Å². The number of fused-ring (bicyclic) bond motifs is 1. The highest BCUT2D eigenvalue weighted by Crippen LogP contribution is 2.27. The number of pyridine rings is 1. The highest BCUT2D eigenvalue weighted by Gasteiger charge is 2.28. The lowest BCUT2D eigenvalue weighted by Crippen LogP contribution is -2.39. The van der Waals surface area contributed by atoms with Gasteiger partial charge in [0.05, 0.1) is 5.69 Å². The molecule has 5 rings (SSSR count).